The van der Waals surface area contributed by atoms with E-state index in [1.807, 2.05) is 0 Å². The number of hydrogen-bond donors (Lipinski definition) is 1. The molecule has 2 N–H and O–H groups in total. The van der Waals surface area contributed by atoms with Crippen LogP contribution in [-0.4, -0.2) is 39.3 Å². The van der Waals surface area contributed by atoms with Gasteiger partial charge in [0, 0.05) is 19.0 Å². The molecule has 0 bridgehead atoms. The maximum atomic E-state index is 6.08. The van der Waals surface area contributed by atoms with E-state index in [0.717, 1.165) is 38.3 Å². The molecule has 0 aliphatic carbocycles. The average molecular weight is 235 g/mol. The second kappa shape index (κ2) is 4.38. The second-order valence-corrected chi connectivity index (χ2v) is 5.20. The van der Waals surface area contributed by atoms with Gasteiger partial charge in [-0.1, -0.05) is 6.92 Å². The van der Waals surface area contributed by atoms with E-state index in [-0.39, 0.29) is 6.04 Å². The van der Waals surface area contributed by atoms with Gasteiger partial charge in [0.1, 0.15) is 11.6 Å². The van der Waals surface area contributed by atoms with Crippen LogP contribution in [0.25, 0.3) is 0 Å². The third-order valence-corrected chi connectivity index (χ3v) is 4.12. The first kappa shape index (κ1) is 11.2. The highest BCUT2D eigenvalue weighted by Crippen LogP contribution is 2.30. The van der Waals surface area contributed by atoms with Crippen molar-refractivity contribution in [3.05, 3.63) is 11.6 Å². The minimum atomic E-state index is 0.0914. The molecule has 1 aromatic rings. The Balaban J connectivity index is 1.85. The second-order valence-electron chi connectivity index (χ2n) is 5.20. The van der Waals surface area contributed by atoms with Crippen molar-refractivity contribution in [2.45, 2.75) is 44.7 Å². The zero-order valence-electron chi connectivity index (χ0n) is 10.5. The summed E-state index contributed by atoms with van der Waals surface area (Å²) in [5, 5.41) is 8.71. The lowest BCUT2D eigenvalue weighted by Gasteiger charge is -2.21. The summed E-state index contributed by atoms with van der Waals surface area (Å²) in [6.45, 7) is 6.72. The molecule has 1 fully saturated rings. The van der Waals surface area contributed by atoms with Crippen LogP contribution in [0.15, 0.2) is 0 Å². The van der Waals surface area contributed by atoms with E-state index in [1.54, 1.807) is 0 Å². The molecule has 2 aliphatic heterocycles. The summed E-state index contributed by atoms with van der Waals surface area (Å²) in [5.41, 5.74) is 6.08. The first-order chi connectivity index (χ1) is 8.29. The molecule has 0 radical (unpaired) electrons. The molecule has 5 nitrogen and oxygen atoms in total. The quantitative estimate of drug-likeness (QED) is 0.826. The average Bonchev–Trinajstić information content (AvgIpc) is 2.94. The molecule has 94 valence electrons. The highest BCUT2D eigenvalue weighted by atomic mass is 15.3. The van der Waals surface area contributed by atoms with Crippen molar-refractivity contribution in [1.82, 2.24) is 19.7 Å². The Bertz CT molecular complexity index is 400. The van der Waals surface area contributed by atoms with E-state index in [2.05, 4.69) is 26.6 Å². The summed E-state index contributed by atoms with van der Waals surface area (Å²) in [6, 6.07) is 0.0914. The Morgan fingerprint density at radius 3 is 2.82 bits per heavy atom. The molecule has 1 aromatic heterocycles. The molecular formula is C12H21N5. The molecule has 0 spiro atoms. The van der Waals surface area contributed by atoms with Crippen LogP contribution in [0.5, 0.6) is 0 Å². The van der Waals surface area contributed by atoms with Crippen molar-refractivity contribution in [3.63, 3.8) is 0 Å². The minimum Gasteiger partial charge on any atom is -0.321 e. The molecule has 5 heteroatoms. The van der Waals surface area contributed by atoms with Gasteiger partial charge in [-0.25, -0.2) is 0 Å². The highest BCUT2D eigenvalue weighted by Gasteiger charge is 2.30. The Kier molecular flexibility index (Phi) is 2.88. The number of rotatable bonds is 2. The van der Waals surface area contributed by atoms with Gasteiger partial charge in [-0.3, -0.25) is 0 Å². The van der Waals surface area contributed by atoms with Gasteiger partial charge in [0.2, 0.25) is 0 Å². The van der Waals surface area contributed by atoms with Crippen molar-refractivity contribution in [2.75, 3.05) is 19.6 Å². The molecule has 2 aliphatic rings. The Hall–Kier alpha value is -0.940. The Morgan fingerprint density at radius 1 is 1.24 bits per heavy atom. The lowest BCUT2D eigenvalue weighted by molar-refractivity contribution is 0.350. The molecule has 3 rings (SSSR count). The predicted octanol–water partition coefficient (Wildman–Crippen LogP) is 0.881. The normalized spacial score (nSPS) is 29.5. The first-order valence-electron chi connectivity index (χ1n) is 6.70. The summed E-state index contributed by atoms with van der Waals surface area (Å²) in [4.78, 5) is 2.48. The highest BCUT2D eigenvalue weighted by molar-refractivity contribution is 5.09. The van der Waals surface area contributed by atoms with E-state index >= 15 is 0 Å². The summed E-state index contributed by atoms with van der Waals surface area (Å²) in [5.74, 6) is 2.73. The van der Waals surface area contributed by atoms with E-state index in [9.17, 15) is 0 Å². The van der Waals surface area contributed by atoms with Crippen LogP contribution >= 0.6 is 0 Å². The van der Waals surface area contributed by atoms with Crippen molar-refractivity contribution >= 4 is 0 Å². The van der Waals surface area contributed by atoms with Gasteiger partial charge in [0.15, 0.2) is 0 Å². The monoisotopic (exact) mass is 235 g/mol. The van der Waals surface area contributed by atoms with Crippen molar-refractivity contribution in [1.29, 1.82) is 0 Å². The van der Waals surface area contributed by atoms with E-state index in [1.165, 1.54) is 18.8 Å². The third-order valence-electron chi connectivity index (χ3n) is 4.12. The number of hydrogen-bond acceptors (Lipinski definition) is 4. The molecule has 2 unspecified atom stereocenters. The van der Waals surface area contributed by atoms with Gasteiger partial charge in [0.05, 0.1) is 6.04 Å². The summed E-state index contributed by atoms with van der Waals surface area (Å²) >= 11 is 0. The van der Waals surface area contributed by atoms with Crippen LogP contribution in [-0.2, 0) is 6.54 Å². The summed E-state index contributed by atoms with van der Waals surface area (Å²) < 4.78 is 2.28. The van der Waals surface area contributed by atoms with Gasteiger partial charge in [-0.05, 0) is 32.4 Å². The number of likely N-dealkylation sites (tertiary alicyclic amines) is 1. The van der Waals surface area contributed by atoms with Gasteiger partial charge in [-0.2, -0.15) is 0 Å². The van der Waals surface area contributed by atoms with Crippen molar-refractivity contribution in [3.8, 4) is 0 Å². The molecular weight excluding hydrogens is 214 g/mol. The smallest absolute Gasteiger partial charge is 0.149 e. The van der Waals surface area contributed by atoms with Crippen LogP contribution in [0.3, 0.4) is 0 Å². The molecule has 17 heavy (non-hydrogen) atoms. The minimum absolute atomic E-state index is 0.0914. The van der Waals surface area contributed by atoms with Gasteiger partial charge in [-0.15, -0.1) is 10.2 Å². The first-order valence-corrected chi connectivity index (χ1v) is 6.70. The topological polar surface area (TPSA) is 60.0 Å². The molecule has 0 saturated carbocycles. The SMILES string of the molecule is CCN1CCC(c2nnc3n2CCCC3N)C1. The zero-order chi connectivity index (χ0) is 11.8. The summed E-state index contributed by atoms with van der Waals surface area (Å²) in [7, 11) is 0. The Labute approximate surface area is 102 Å². The fraction of sp³-hybridized carbons (Fsp3) is 0.833. The fourth-order valence-corrected chi connectivity index (χ4v) is 3.06. The number of likely N-dealkylation sites (N-methyl/N-ethyl adjacent to an activating group) is 1. The van der Waals surface area contributed by atoms with Gasteiger partial charge < -0.3 is 15.2 Å². The van der Waals surface area contributed by atoms with Crippen molar-refractivity contribution in [2.24, 2.45) is 5.73 Å². The van der Waals surface area contributed by atoms with Gasteiger partial charge in [0.25, 0.3) is 0 Å². The van der Waals surface area contributed by atoms with Crippen LogP contribution in [0, 0.1) is 0 Å². The molecule has 3 heterocycles. The number of nitrogens with zero attached hydrogens (tertiary/aromatic N) is 4. The third kappa shape index (κ3) is 1.87. The molecule has 1 saturated heterocycles. The Morgan fingerprint density at radius 2 is 2.06 bits per heavy atom. The number of nitrogens with two attached hydrogens (primary N) is 1. The van der Waals surface area contributed by atoms with E-state index < -0.39 is 0 Å². The zero-order valence-corrected chi connectivity index (χ0v) is 10.5. The standard InChI is InChI=1S/C12H21N5/c1-2-16-7-5-9(8-16)11-14-15-12-10(13)4-3-6-17(11)12/h9-10H,2-8,13H2,1H3. The van der Waals surface area contributed by atoms with Crippen LogP contribution in [0.1, 0.15) is 49.8 Å². The molecule has 0 amide bonds. The number of aromatic nitrogens is 3. The summed E-state index contributed by atoms with van der Waals surface area (Å²) in [6.07, 6.45) is 3.41. The molecule has 0 aromatic carbocycles. The fourth-order valence-electron chi connectivity index (χ4n) is 3.06. The number of fused-ring (bicyclic) bond motifs is 1. The largest absolute Gasteiger partial charge is 0.321 e. The maximum Gasteiger partial charge on any atom is 0.149 e. The molecule has 2 atom stereocenters. The van der Waals surface area contributed by atoms with E-state index in [4.69, 9.17) is 5.73 Å². The van der Waals surface area contributed by atoms with Crippen LogP contribution in [0.4, 0.5) is 0 Å². The van der Waals surface area contributed by atoms with Crippen LogP contribution in [0.2, 0.25) is 0 Å². The predicted molar refractivity (Wildman–Crippen MR) is 65.7 cm³/mol. The maximum absolute atomic E-state index is 6.08. The van der Waals surface area contributed by atoms with Crippen molar-refractivity contribution < 1.29 is 0 Å². The lowest BCUT2D eigenvalue weighted by Crippen LogP contribution is -2.25. The van der Waals surface area contributed by atoms with Crippen LogP contribution < -0.4 is 5.73 Å². The van der Waals surface area contributed by atoms with Gasteiger partial charge >= 0.3 is 0 Å². The lowest BCUT2D eigenvalue weighted by atomic mass is 10.1. The van der Waals surface area contributed by atoms with E-state index in [0.29, 0.717) is 5.92 Å².